The van der Waals surface area contributed by atoms with Crippen LogP contribution in [0.1, 0.15) is 45.7 Å². The first kappa shape index (κ1) is 21.6. The van der Waals surface area contributed by atoms with E-state index in [2.05, 4.69) is 48.4 Å². The van der Waals surface area contributed by atoms with Gasteiger partial charge in [-0.2, -0.15) is 0 Å². The van der Waals surface area contributed by atoms with Crippen molar-refractivity contribution in [2.24, 2.45) is 9.98 Å². The normalized spacial score (nSPS) is 12.2. The average Bonchev–Trinajstić information content (AvgIpc) is 2.54. The summed E-state index contributed by atoms with van der Waals surface area (Å²) in [6.45, 7) is 20.5. The van der Waals surface area contributed by atoms with E-state index >= 15 is 0 Å². The van der Waals surface area contributed by atoms with Gasteiger partial charge in [0, 0.05) is 12.7 Å². The molecule has 1 N–H and O–H groups in total. The number of aliphatic imine (C=N–C) groups is 2. The number of nitrogens with zero attached hydrogens (tertiary/aromatic N) is 2. The number of hydrogen-bond acceptors (Lipinski definition) is 3. The van der Waals surface area contributed by atoms with Gasteiger partial charge >= 0.3 is 0 Å². The van der Waals surface area contributed by atoms with Crippen molar-refractivity contribution in [2.75, 3.05) is 0 Å². The fraction of sp³-hybridized carbons (Fsp3) is 0.364. The molecule has 0 atom stereocenters. The van der Waals surface area contributed by atoms with Crippen LogP contribution in [0.25, 0.3) is 0 Å². The molecule has 0 spiro atoms. The van der Waals surface area contributed by atoms with Crippen LogP contribution in [0, 0.1) is 6.92 Å². The molecule has 4 heteroatoms. The lowest BCUT2D eigenvalue weighted by atomic mass is 9.93. The van der Waals surface area contributed by atoms with E-state index in [-0.39, 0.29) is 5.54 Å². The van der Waals surface area contributed by atoms with E-state index in [0.29, 0.717) is 6.54 Å². The maximum Gasteiger partial charge on any atom is 0.129 e. The molecule has 0 aliphatic carbocycles. The monoisotopic (exact) mass is 353 g/mol. The third-order valence-electron chi connectivity index (χ3n) is 3.77. The van der Waals surface area contributed by atoms with E-state index in [1.165, 1.54) is 11.8 Å². The zero-order chi connectivity index (χ0) is 19.7. The number of aryl methyl sites for hydroxylation is 1. The number of nitrogens with one attached hydrogen (secondary N) is 1. The molecular formula is C22H31N3O. The Labute approximate surface area is 158 Å². The van der Waals surface area contributed by atoms with Crippen molar-refractivity contribution in [1.29, 1.82) is 0 Å². The smallest absolute Gasteiger partial charge is 0.129 e. The second-order valence-corrected chi connectivity index (χ2v) is 7.09. The number of allylic oxidation sites excluding steroid dienone is 1. The van der Waals surface area contributed by atoms with E-state index in [1.54, 1.807) is 12.5 Å². The Bertz CT molecular complexity index is 736. The molecule has 0 aromatic heterocycles. The molecule has 1 rings (SSSR count). The van der Waals surface area contributed by atoms with Gasteiger partial charge in [0.25, 0.3) is 0 Å². The van der Waals surface area contributed by atoms with Crippen molar-refractivity contribution in [3.05, 3.63) is 66.1 Å². The predicted molar refractivity (Wildman–Crippen MR) is 113 cm³/mol. The molecule has 140 valence electrons. The highest BCUT2D eigenvalue weighted by atomic mass is 16.5. The fourth-order valence-corrected chi connectivity index (χ4v) is 2.53. The van der Waals surface area contributed by atoms with Gasteiger partial charge in [0.1, 0.15) is 12.1 Å². The molecule has 0 fully saturated rings. The van der Waals surface area contributed by atoms with E-state index < -0.39 is 0 Å². The van der Waals surface area contributed by atoms with Crippen LogP contribution in [0.2, 0.25) is 0 Å². The summed E-state index contributed by atoms with van der Waals surface area (Å²) in [5.74, 6) is 0.822. The van der Waals surface area contributed by atoms with Crippen molar-refractivity contribution < 1.29 is 4.74 Å². The molecule has 0 saturated heterocycles. The van der Waals surface area contributed by atoms with E-state index in [4.69, 9.17) is 4.74 Å². The molecule has 0 amide bonds. The van der Waals surface area contributed by atoms with Crippen LogP contribution in [-0.2, 0) is 6.54 Å². The standard InChI is InChI=1S/C22H31N3O/c1-9-26-20-11-10-19(12-18(20)6)14-25-22(7,8)21(17(4)5)24-15-23-13-16(2)3/h9-13,15,25H,1,4,14H2,2-3,5-8H3. The van der Waals surface area contributed by atoms with Crippen molar-refractivity contribution in [2.45, 2.75) is 53.6 Å². The largest absolute Gasteiger partial charge is 0.465 e. The van der Waals surface area contributed by atoms with Crippen molar-refractivity contribution in [3.63, 3.8) is 0 Å². The third kappa shape index (κ3) is 6.81. The molecule has 0 saturated carbocycles. The number of ether oxygens (including phenoxy) is 1. The number of rotatable bonds is 9. The minimum absolute atomic E-state index is 0.340. The molecule has 0 bridgehead atoms. The number of benzene rings is 1. The predicted octanol–water partition coefficient (Wildman–Crippen LogP) is 5.35. The van der Waals surface area contributed by atoms with Gasteiger partial charge in [-0.15, -0.1) is 0 Å². The Balaban J connectivity index is 2.90. The van der Waals surface area contributed by atoms with E-state index in [1.807, 2.05) is 39.8 Å². The Kier molecular flexibility index (Phi) is 8.20. The van der Waals surface area contributed by atoms with Crippen molar-refractivity contribution >= 4 is 12.1 Å². The minimum atomic E-state index is -0.340. The third-order valence-corrected chi connectivity index (χ3v) is 3.77. The SMILES string of the molecule is C=COc1ccc(CNC(C)(C)C(=NC=NC=C(C)C)C(=C)C)cc1C. The molecule has 0 aliphatic rings. The molecule has 0 radical (unpaired) electrons. The highest BCUT2D eigenvalue weighted by Gasteiger charge is 2.24. The summed E-state index contributed by atoms with van der Waals surface area (Å²) in [7, 11) is 0. The van der Waals surface area contributed by atoms with Gasteiger partial charge < -0.3 is 10.1 Å². The summed E-state index contributed by atoms with van der Waals surface area (Å²) in [6.07, 6.45) is 4.80. The zero-order valence-corrected chi connectivity index (χ0v) is 16.9. The zero-order valence-electron chi connectivity index (χ0n) is 16.9. The highest BCUT2D eigenvalue weighted by Crippen LogP contribution is 2.20. The van der Waals surface area contributed by atoms with Crippen LogP contribution in [0.4, 0.5) is 0 Å². The Morgan fingerprint density at radius 3 is 2.50 bits per heavy atom. The molecule has 4 nitrogen and oxygen atoms in total. The maximum absolute atomic E-state index is 5.37. The van der Waals surface area contributed by atoms with Gasteiger partial charge in [-0.05, 0) is 64.3 Å². The average molecular weight is 354 g/mol. The summed E-state index contributed by atoms with van der Waals surface area (Å²) in [5, 5.41) is 3.56. The van der Waals surface area contributed by atoms with Gasteiger partial charge in [0.05, 0.1) is 17.5 Å². The molecule has 26 heavy (non-hydrogen) atoms. The Morgan fingerprint density at radius 2 is 1.96 bits per heavy atom. The Hall–Kier alpha value is -2.46. The molecule has 1 aromatic carbocycles. The second kappa shape index (κ2) is 9.88. The van der Waals surface area contributed by atoms with Crippen LogP contribution in [0.15, 0.2) is 65.0 Å². The quantitative estimate of drug-likeness (QED) is 0.369. The van der Waals surface area contributed by atoms with E-state index in [9.17, 15) is 0 Å². The molecular weight excluding hydrogens is 322 g/mol. The summed E-state index contributed by atoms with van der Waals surface area (Å²) in [5.41, 5.74) is 4.83. The molecule has 0 heterocycles. The molecule has 0 aliphatic heterocycles. The first-order valence-electron chi connectivity index (χ1n) is 8.68. The summed E-state index contributed by atoms with van der Waals surface area (Å²) < 4.78 is 5.37. The highest BCUT2D eigenvalue weighted by molar-refractivity contribution is 6.08. The lowest BCUT2D eigenvalue weighted by Crippen LogP contribution is -2.46. The van der Waals surface area contributed by atoms with Gasteiger partial charge in [-0.25, -0.2) is 9.98 Å². The number of hydrogen-bond donors (Lipinski definition) is 1. The van der Waals surface area contributed by atoms with Gasteiger partial charge in [0.15, 0.2) is 0 Å². The van der Waals surface area contributed by atoms with Crippen LogP contribution in [0.3, 0.4) is 0 Å². The van der Waals surface area contributed by atoms with Crippen LogP contribution in [-0.4, -0.2) is 17.6 Å². The Morgan fingerprint density at radius 1 is 1.27 bits per heavy atom. The minimum Gasteiger partial charge on any atom is -0.465 e. The summed E-state index contributed by atoms with van der Waals surface area (Å²) in [6, 6.07) is 6.11. The lowest BCUT2D eigenvalue weighted by Gasteiger charge is -2.28. The molecule has 0 unspecified atom stereocenters. The topological polar surface area (TPSA) is 46.0 Å². The fourth-order valence-electron chi connectivity index (χ4n) is 2.53. The lowest BCUT2D eigenvalue weighted by molar-refractivity contribution is 0.478. The first-order valence-corrected chi connectivity index (χ1v) is 8.68. The van der Waals surface area contributed by atoms with Crippen LogP contribution in [0.5, 0.6) is 5.75 Å². The second-order valence-electron chi connectivity index (χ2n) is 7.09. The van der Waals surface area contributed by atoms with Gasteiger partial charge in [-0.1, -0.05) is 30.9 Å². The van der Waals surface area contributed by atoms with Crippen molar-refractivity contribution in [1.82, 2.24) is 5.32 Å². The summed E-state index contributed by atoms with van der Waals surface area (Å²) >= 11 is 0. The first-order chi connectivity index (χ1) is 12.2. The molecule has 1 aromatic rings. The van der Waals surface area contributed by atoms with Crippen molar-refractivity contribution in [3.8, 4) is 5.75 Å². The van der Waals surface area contributed by atoms with Gasteiger partial charge in [-0.3, -0.25) is 0 Å². The van der Waals surface area contributed by atoms with Crippen LogP contribution >= 0.6 is 0 Å². The summed E-state index contributed by atoms with van der Waals surface area (Å²) in [4.78, 5) is 8.72. The maximum atomic E-state index is 5.37. The van der Waals surface area contributed by atoms with E-state index in [0.717, 1.165) is 28.2 Å². The van der Waals surface area contributed by atoms with Gasteiger partial charge in [0.2, 0.25) is 0 Å². The van der Waals surface area contributed by atoms with Crippen LogP contribution < -0.4 is 10.1 Å².